The highest BCUT2D eigenvalue weighted by molar-refractivity contribution is 5.46. The summed E-state index contributed by atoms with van der Waals surface area (Å²) in [5.41, 5.74) is 1.15. The highest BCUT2D eigenvalue weighted by Crippen LogP contribution is 2.30. The third-order valence-corrected chi connectivity index (χ3v) is 2.31. The lowest BCUT2D eigenvalue weighted by molar-refractivity contribution is 0.307. The molecule has 0 atom stereocenters. The van der Waals surface area contributed by atoms with Crippen molar-refractivity contribution in [2.75, 3.05) is 20.3 Å². The molecule has 3 nitrogen and oxygen atoms in total. The largest absolute Gasteiger partial charge is 0.493 e. The maximum atomic E-state index is 5.62. The van der Waals surface area contributed by atoms with Crippen LogP contribution in [-0.2, 0) is 6.54 Å². The Bertz CT molecular complexity index is 313. The van der Waals surface area contributed by atoms with Crippen LogP contribution in [0.4, 0.5) is 0 Å². The predicted octanol–water partition coefficient (Wildman–Crippen LogP) is 2.59. The number of ether oxygens (including phenoxy) is 2. The number of hydrogen-bond acceptors (Lipinski definition) is 3. The maximum absolute atomic E-state index is 5.62. The molecule has 1 aromatic rings. The van der Waals surface area contributed by atoms with Crippen LogP contribution in [0.15, 0.2) is 18.2 Å². The molecule has 0 spiro atoms. The molecule has 1 rings (SSSR count). The molecule has 0 saturated carbocycles. The Morgan fingerprint density at radius 3 is 2.69 bits per heavy atom. The zero-order valence-corrected chi connectivity index (χ0v) is 10.4. The maximum Gasteiger partial charge on any atom is 0.165 e. The van der Waals surface area contributed by atoms with Crippen molar-refractivity contribution in [3.8, 4) is 11.5 Å². The lowest BCUT2D eigenvalue weighted by Gasteiger charge is -2.14. The van der Waals surface area contributed by atoms with Gasteiger partial charge in [0.1, 0.15) is 0 Å². The summed E-state index contributed by atoms with van der Waals surface area (Å²) in [6.45, 7) is 6.63. The normalized spacial score (nSPS) is 10.2. The van der Waals surface area contributed by atoms with Gasteiger partial charge in [-0.15, -0.1) is 0 Å². The quantitative estimate of drug-likeness (QED) is 0.721. The molecule has 0 bridgehead atoms. The van der Waals surface area contributed by atoms with Crippen molar-refractivity contribution in [1.29, 1.82) is 0 Å². The molecule has 0 aliphatic rings. The van der Waals surface area contributed by atoms with Crippen molar-refractivity contribution < 1.29 is 9.47 Å². The molecular weight excluding hydrogens is 202 g/mol. The van der Waals surface area contributed by atoms with E-state index < -0.39 is 0 Å². The molecule has 0 fully saturated rings. The summed E-state index contributed by atoms with van der Waals surface area (Å²) in [5.74, 6) is 1.66. The first-order chi connectivity index (χ1) is 7.83. The Balaban J connectivity index is 2.79. The second-order valence-electron chi connectivity index (χ2n) is 3.56. The summed E-state index contributed by atoms with van der Waals surface area (Å²) in [6, 6.07) is 5.98. The van der Waals surface area contributed by atoms with Crippen LogP contribution in [0.25, 0.3) is 0 Å². The molecule has 16 heavy (non-hydrogen) atoms. The fourth-order valence-electron chi connectivity index (χ4n) is 1.57. The molecule has 1 N–H and O–H groups in total. The van der Waals surface area contributed by atoms with Crippen molar-refractivity contribution in [1.82, 2.24) is 5.32 Å². The first-order valence-corrected chi connectivity index (χ1v) is 5.82. The first kappa shape index (κ1) is 12.8. The fourth-order valence-corrected chi connectivity index (χ4v) is 1.57. The Morgan fingerprint density at radius 1 is 1.25 bits per heavy atom. The van der Waals surface area contributed by atoms with Crippen molar-refractivity contribution in [2.24, 2.45) is 0 Å². The number of hydrogen-bond donors (Lipinski definition) is 1. The van der Waals surface area contributed by atoms with Gasteiger partial charge in [-0.05, 0) is 26.0 Å². The summed E-state index contributed by atoms with van der Waals surface area (Å²) in [4.78, 5) is 0. The summed E-state index contributed by atoms with van der Waals surface area (Å²) in [6.07, 6.45) is 1.13. The van der Waals surface area contributed by atoms with Gasteiger partial charge in [-0.2, -0.15) is 0 Å². The molecule has 0 aliphatic carbocycles. The first-order valence-electron chi connectivity index (χ1n) is 5.82. The molecule has 0 amide bonds. The number of para-hydroxylation sites is 1. The standard InChI is InChI=1S/C13H21NO2/c1-4-9-14-10-11-7-6-8-12(15-3)13(11)16-5-2/h6-8,14H,4-5,9-10H2,1-3H3. The van der Waals surface area contributed by atoms with E-state index in [0.29, 0.717) is 6.61 Å². The van der Waals surface area contributed by atoms with Crippen molar-refractivity contribution >= 4 is 0 Å². The third kappa shape index (κ3) is 3.42. The number of methoxy groups -OCH3 is 1. The molecule has 0 aromatic heterocycles. The average molecular weight is 223 g/mol. The minimum Gasteiger partial charge on any atom is -0.493 e. The van der Waals surface area contributed by atoms with E-state index in [2.05, 4.69) is 18.3 Å². The van der Waals surface area contributed by atoms with Crippen molar-refractivity contribution in [3.05, 3.63) is 23.8 Å². The Kier molecular flexibility index (Phi) is 5.72. The van der Waals surface area contributed by atoms with Crippen LogP contribution in [0.1, 0.15) is 25.8 Å². The van der Waals surface area contributed by atoms with Gasteiger partial charge in [0.15, 0.2) is 11.5 Å². The molecule has 0 radical (unpaired) electrons. The minimum atomic E-state index is 0.654. The van der Waals surface area contributed by atoms with Gasteiger partial charge in [0.25, 0.3) is 0 Å². The highest BCUT2D eigenvalue weighted by Gasteiger charge is 2.09. The number of benzene rings is 1. The highest BCUT2D eigenvalue weighted by atomic mass is 16.5. The zero-order chi connectivity index (χ0) is 11.8. The van der Waals surface area contributed by atoms with Gasteiger partial charge in [-0.1, -0.05) is 19.1 Å². The Hall–Kier alpha value is -1.22. The number of rotatable bonds is 7. The van der Waals surface area contributed by atoms with Gasteiger partial charge in [-0.3, -0.25) is 0 Å². The van der Waals surface area contributed by atoms with Gasteiger partial charge in [0.2, 0.25) is 0 Å². The molecule has 90 valence electrons. The predicted molar refractivity (Wildman–Crippen MR) is 66.2 cm³/mol. The van der Waals surface area contributed by atoms with Crippen molar-refractivity contribution in [3.63, 3.8) is 0 Å². The van der Waals surface area contributed by atoms with E-state index in [1.165, 1.54) is 0 Å². The lowest BCUT2D eigenvalue weighted by atomic mass is 10.2. The molecule has 0 aliphatic heterocycles. The summed E-state index contributed by atoms with van der Waals surface area (Å²) < 4.78 is 10.9. The molecule has 0 heterocycles. The topological polar surface area (TPSA) is 30.5 Å². The smallest absolute Gasteiger partial charge is 0.165 e. The van der Waals surface area contributed by atoms with E-state index in [1.807, 2.05) is 19.1 Å². The summed E-state index contributed by atoms with van der Waals surface area (Å²) in [5, 5.41) is 3.37. The van der Waals surface area contributed by atoms with E-state index >= 15 is 0 Å². The average Bonchev–Trinajstić information content (AvgIpc) is 2.31. The minimum absolute atomic E-state index is 0.654. The SMILES string of the molecule is CCCNCc1cccc(OC)c1OCC. The molecule has 3 heteroatoms. The molecule has 0 unspecified atom stereocenters. The van der Waals surface area contributed by atoms with Gasteiger partial charge in [-0.25, -0.2) is 0 Å². The van der Waals surface area contributed by atoms with E-state index in [4.69, 9.17) is 9.47 Å². The van der Waals surface area contributed by atoms with Crippen LogP contribution >= 0.6 is 0 Å². The van der Waals surface area contributed by atoms with Gasteiger partial charge >= 0.3 is 0 Å². The Morgan fingerprint density at radius 2 is 2.06 bits per heavy atom. The van der Waals surface area contributed by atoms with Crippen LogP contribution < -0.4 is 14.8 Å². The van der Waals surface area contributed by atoms with E-state index in [-0.39, 0.29) is 0 Å². The fraction of sp³-hybridized carbons (Fsp3) is 0.538. The molecular formula is C13H21NO2. The monoisotopic (exact) mass is 223 g/mol. The van der Waals surface area contributed by atoms with Gasteiger partial charge in [0.05, 0.1) is 13.7 Å². The third-order valence-electron chi connectivity index (χ3n) is 2.31. The second kappa shape index (κ2) is 7.12. The number of nitrogens with one attached hydrogen (secondary N) is 1. The lowest BCUT2D eigenvalue weighted by Crippen LogP contribution is -2.15. The van der Waals surface area contributed by atoms with Crippen LogP contribution in [0.5, 0.6) is 11.5 Å². The van der Waals surface area contributed by atoms with E-state index in [0.717, 1.165) is 36.6 Å². The van der Waals surface area contributed by atoms with Gasteiger partial charge < -0.3 is 14.8 Å². The van der Waals surface area contributed by atoms with Gasteiger partial charge in [0, 0.05) is 12.1 Å². The van der Waals surface area contributed by atoms with Crippen LogP contribution in [-0.4, -0.2) is 20.3 Å². The summed E-state index contributed by atoms with van der Waals surface area (Å²) in [7, 11) is 1.67. The van der Waals surface area contributed by atoms with Crippen LogP contribution in [0, 0.1) is 0 Å². The van der Waals surface area contributed by atoms with Crippen LogP contribution in [0.3, 0.4) is 0 Å². The Labute approximate surface area is 97.8 Å². The van der Waals surface area contributed by atoms with Crippen LogP contribution in [0.2, 0.25) is 0 Å². The van der Waals surface area contributed by atoms with Crippen molar-refractivity contribution in [2.45, 2.75) is 26.8 Å². The zero-order valence-electron chi connectivity index (χ0n) is 10.4. The van der Waals surface area contributed by atoms with E-state index in [1.54, 1.807) is 7.11 Å². The molecule has 0 saturated heterocycles. The second-order valence-corrected chi connectivity index (χ2v) is 3.56. The summed E-state index contributed by atoms with van der Waals surface area (Å²) >= 11 is 0. The van der Waals surface area contributed by atoms with E-state index in [9.17, 15) is 0 Å². The molecule has 1 aromatic carbocycles.